The van der Waals surface area contributed by atoms with Crippen molar-refractivity contribution in [2.45, 2.75) is 0 Å². The fourth-order valence-electron chi connectivity index (χ4n) is 1.92. The number of hydrogen-bond acceptors (Lipinski definition) is 4. The minimum absolute atomic E-state index is 0. The molecule has 0 aliphatic heterocycles. The molecule has 0 spiro atoms. The van der Waals surface area contributed by atoms with Gasteiger partial charge in [-0.15, -0.1) is 0 Å². The minimum Gasteiger partial charge on any atom is -0.508 e. The predicted octanol–water partition coefficient (Wildman–Crippen LogP) is 2.00. The van der Waals surface area contributed by atoms with Gasteiger partial charge in [-0.25, -0.2) is 4.98 Å². The van der Waals surface area contributed by atoms with Crippen LogP contribution in [0.4, 0.5) is 0 Å². The van der Waals surface area contributed by atoms with Crippen LogP contribution in [0, 0.1) is 88.1 Å². The summed E-state index contributed by atoms with van der Waals surface area (Å²) in [5.41, 5.74) is 0.770. The van der Waals surface area contributed by atoms with Crippen molar-refractivity contribution in [3.05, 3.63) is 52.8 Å². The number of phenols is 2. The second kappa shape index (κ2) is 8.07. The number of hydrogen-bond donors (Lipinski definition) is 3. The molecule has 5 nitrogen and oxygen atoms in total. The molecule has 2 radical (unpaired) electrons. The average molecular weight is 708 g/mol. The van der Waals surface area contributed by atoms with Crippen LogP contribution in [0.2, 0.25) is 0 Å². The van der Waals surface area contributed by atoms with E-state index in [-0.39, 0.29) is 105 Å². The normalized spacial score (nSPS) is 9.71. The van der Waals surface area contributed by atoms with Gasteiger partial charge >= 0.3 is 0 Å². The largest absolute Gasteiger partial charge is 0.508 e. The van der Waals surface area contributed by atoms with Crippen molar-refractivity contribution in [1.82, 2.24) is 9.97 Å². The number of nitrogens with one attached hydrogen (secondary N) is 1. The molecule has 1 aromatic heterocycles. The topological polar surface area (TPSA) is 86.2 Å². The van der Waals surface area contributed by atoms with Gasteiger partial charge < -0.3 is 15.2 Å². The van der Waals surface area contributed by atoms with Gasteiger partial charge in [-0.2, -0.15) is 0 Å². The number of aromatic hydroxyl groups is 2. The summed E-state index contributed by atoms with van der Waals surface area (Å²) in [6.07, 6.45) is 0. The maximum Gasteiger partial charge on any atom is 0.259 e. The van der Waals surface area contributed by atoms with Crippen molar-refractivity contribution in [2.75, 3.05) is 0 Å². The van der Waals surface area contributed by atoms with Crippen molar-refractivity contribution >= 4 is 10.9 Å². The van der Waals surface area contributed by atoms with Crippen LogP contribution in [0.15, 0.2) is 47.3 Å². The van der Waals surface area contributed by atoms with Gasteiger partial charge in [0.15, 0.2) is 0 Å². The van der Waals surface area contributed by atoms with Gasteiger partial charge in [-0.3, -0.25) is 4.79 Å². The van der Waals surface area contributed by atoms with E-state index in [1.807, 2.05) is 0 Å². The summed E-state index contributed by atoms with van der Waals surface area (Å²) < 4.78 is 0. The minimum atomic E-state index is -0.334. The summed E-state index contributed by atoms with van der Waals surface area (Å²) >= 11 is 0. The molecule has 3 rings (SSSR count). The zero-order chi connectivity index (χ0) is 13.4. The molecule has 7 heteroatoms. The van der Waals surface area contributed by atoms with Gasteiger partial charge in [-0.1, -0.05) is 12.1 Å². The Morgan fingerprint density at radius 3 is 2.38 bits per heavy atom. The smallest absolute Gasteiger partial charge is 0.259 e. The number of rotatable bonds is 1. The summed E-state index contributed by atoms with van der Waals surface area (Å²) in [5.74, 6) is 0.495. The molecular weight excluding hydrogens is 698 g/mol. The Labute approximate surface area is 191 Å². The number of phenolic OH excluding ortho intramolecular Hbond substituents is 2. The quantitative estimate of drug-likeness (QED) is 0.362. The Morgan fingerprint density at radius 1 is 0.952 bits per heavy atom. The molecule has 21 heavy (non-hydrogen) atoms. The summed E-state index contributed by atoms with van der Waals surface area (Å²) in [5, 5.41) is 19.1. The molecule has 0 aliphatic rings. The zero-order valence-electron chi connectivity index (χ0n) is 10.9. The number of nitrogens with zero attached hydrogens (tertiary/aromatic N) is 1. The fraction of sp³-hybridized carbons (Fsp3) is 0. The maximum absolute atomic E-state index is 11.9. The molecule has 0 saturated carbocycles. The molecule has 0 aliphatic carbocycles. The number of aromatic amines is 1. The first-order valence-corrected chi connectivity index (χ1v) is 5.66. The van der Waals surface area contributed by atoms with E-state index in [1.54, 1.807) is 24.3 Å². The first-order chi connectivity index (χ1) is 9.13. The van der Waals surface area contributed by atoms with Crippen LogP contribution in [0.25, 0.3) is 22.3 Å². The van der Waals surface area contributed by atoms with Gasteiger partial charge in [0, 0.05) is 93.7 Å². The Bertz CT molecular complexity index is 834. The number of benzene rings is 2. The molecule has 0 saturated heterocycles. The first-order valence-electron chi connectivity index (χ1n) is 5.66. The van der Waals surface area contributed by atoms with Crippen LogP contribution in [-0.2, 0) is 0 Å². The second-order valence-corrected chi connectivity index (χ2v) is 4.17. The Balaban J connectivity index is 0.00000110. The second-order valence-electron chi connectivity index (χ2n) is 4.17. The van der Waals surface area contributed by atoms with Crippen molar-refractivity contribution in [3.8, 4) is 22.9 Å². The van der Waals surface area contributed by atoms with Crippen LogP contribution in [-0.4, -0.2) is 20.2 Å². The van der Waals surface area contributed by atoms with E-state index in [0.717, 1.165) is 0 Å². The molecule has 0 fully saturated rings. The van der Waals surface area contributed by atoms with Gasteiger partial charge in [0.1, 0.15) is 17.3 Å². The molecule has 1 heterocycles. The summed E-state index contributed by atoms with van der Waals surface area (Å²) in [7, 11) is 0. The van der Waals surface area contributed by atoms with Crippen LogP contribution >= 0.6 is 0 Å². The van der Waals surface area contributed by atoms with Crippen LogP contribution in [0.1, 0.15) is 0 Å². The third-order valence-electron chi connectivity index (χ3n) is 2.81. The average Bonchev–Trinajstić information content (AvgIpc) is 2.39. The summed E-state index contributed by atoms with van der Waals surface area (Å²) in [4.78, 5) is 18.9. The Morgan fingerprint density at radius 2 is 1.67 bits per heavy atom. The van der Waals surface area contributed by atoms with E-state index >= 15 is 0 Å². The van der Waals surface area contributed by atoms with E-state index in [4.69, 9.17) is 0 Å². The van der Waals surface area contributed by atoms with E-state index in [0.29, 0.717) is 22.3 Å². The molecule has 3 N–H and O–H groups in total. The molecule has 3 aromatic rings. The molecule has 0 atom stereocenters. The van der Waals surface area contributed by atoms with E-state index in [9.17, 15) is 15.0 Å². The van der Waals surface area contributed by atoms with Crippen molar-refractivity contribution in [1.29, 1.82) is 0 Å². The van der Waals surface area contributed by atoms with Crippen molar-refractivity contribution in [2.24, 2.45) is 0 Å². The summed E-state index contributed by atoms with van der Waals surface area (Å²) in [6.45, 7) is 0. The molecule has 0 bridgehead atoms. The number of H-pyrrole nitrogens is 1. The molecule has 0 unspecified atom stereocenters. The zero-order valence-corrected chi connectivity index (χ0v) is 20.4. The number of aromatic nitrogens is 2. The Hall–Kier alpha value is 0.0631. The fourth-order valence-corrected chi connectivity index (χ4v) is 1.92. The van der Waals surface area contributed by atoms with E-state index in [2.05, 4.69) is 9.97 Å². The SMILES string of the molecule is O=c1[nH]c(-c2cccc(O)c2)nc2ccc(O)cc12.[Ac].[Ac]. The van der Waals surface area contributed by atoms with Crippen LogP contribution in [0.3, 0.4) is 0 Å². The van der Waals surface area contributed by atoms with E-state index in [1.165, 1.54) is 18.2 Å². The van der Waals surface area contributed by atoms with Crippen molar-refractivity contribution in [3.63, 3.8) is 0 Å². The standard InChI is InChI=1S/C14H10N2O3.2Ac/c17-9-3-1-2-8(6-9)13-15-12-5-4-10(18)7-11(12)14(19)16-13;;/h1-7,17-18H,(H,15,16,19);;. The van der Waals surface area contributed by atoms with Crippen LogP contribution in [0.5, 0.6) is 11.5 Å². The third-order valence-corrected chi connectivity index (χ3v) is 2.81. The number of fused-ring (bicyclic) bond motifs is 1. The maximum atomic E-state index is 11.9. The first kappa shape index (κ1) is 19.1. The van der Waals surface area contributed by atoms with Gasteiger partial charge in [0.05, 0.1) is 10.9 Å². The Kier molecular flexibility index (Phi) is 7.34. The molecule has 100 valence electrons. The molecule has 2 aromatic carbocycles. The monoisotopic (exact) mass is 708 g/mol. The van der Waals surface area contributed by atoms with Crippen molar-refractivity contribution < 1.29 is 98.3 Å². The predicted molar refractivity (Wildman–Crippen MR) is 71.1 cm³/mol. The van der Waals surface area contributed by atoms with Gasteiger partial charge in [0.25, 0.3) is 5.56 Å². The molecular formula is C14H10Ac2N2O3. The van der Waals surface area contributed by atoms with Gasteiger partial charge in [0.2, 0.25) is 0 Å². The van der Waals surface area contributed by atoms with Gasteiger partial charge in [-0.05, 0) is 30.3 Å². The molecule has 0 amide bonds. The summed E-state index contributed by atoms with van der Waals surface area (Å²) in [6, 6.07) is 10.9. The van der Waals surface area contributed by atoms with E-state index < -0.39 is 0 Å². The van der Waals surface area contributed by atoms with Crippen LogP contribution < -0.4 is 5.56 Å². The third kappa shape index (κ3) is 4.29.